The average molecular weight is 587 g/mol. The van der Waals surface area contributed by atoms with Crippen molar-refractivity contribution in [2.24, 2.45) is 0 Å². The van der Waals surface area contributed by atoms with Crippen molar-refractivity contribution in [1.29, 1.82) is 0 Å². The summed E-state index contributed by atoms with van der Waals surface area (Å²) in [6.45, 7) is 9.55. The lowest BCUT2D eigenvalue weighted by atomic mass is 9.71. The standard InChI is InChI=1S/C34H32F6S/c1-22(2)27-18-16-25(20-28(27)23-12-8-6-9-13-23)32(33(35,36)37,34(38,39)40)26-17-19-30(41-31(3,4)5)29(21-26)24-14-10-7-11-15-24/h6-22H,1-5H3. The van der Waals surface area contributed by atoms with E-state index in [9.17, 15) is 0 Å². The van der Waals surface area contributed by atoms with E-state index in [4.69, 9.17) is 0 Å². The van der Waals surface area contributed by atoms with Gasteiger partial charge in [-0.2, -0.15) is 26.3 Å². The molecular weight excluding hydrogens is 554 g/mol. The lowest BCUT2D eigenvalue weighted by Crippen LogP contribution is -2.54. The maximum atomic E-state index is 15.2. The first-order valence-corrected chi connectivity index (χ1v) is 14.1. The maximum absolute atomic E-state index is 15.2. The Kier molecular flexibility index (Phi) is 8.43. The van der Waals surface area contributed by atoms with Gasteiger partial charge < -0.3 is 0 Å². The zero-order valence-corrected chi connectivity index (χ0v) is 24.3. The fourth-order valence-corrected chi connectivity index (χ4v) is 6.25. The minimum Gasteiger partial charge on any atom is -0.169 e. The topological polar surface area (TPSA) is 0 Å². The van der Waals surface area contributed by atoms with Crippen LogP contribution in [0.2, 0.25) is 0 Å². The molecule has 4 aromatic carbocycles. The molecule has 0 radical (unpaired) electrons. The van der Waals surface area contributed by atoms with E-state index in [1.807, 2.05) is 34.6 Å². The summed E-state index contributed by atoms with van der Waals surface area (Å²) in [7, 11) is 0. The van der Waals surface area contributed by atoms with Crippen molar-refractivity contribution in [3.8, 4) is 22.3 Å². The van der Waals surface area contributed by atoms with Crippen molar-refractivity contribution in [3.05, 3.63) is 114 Å². The van der Waals surface area contributed by atoms with Gasteiger partial charge in [0.1, 0.15) is 0 Å². The van der Waals surface area contributed by atoms with Crippen LogP contribution in [0, 0.1) is 0 Å². The van der Waals surface area contributed by atoms with Crippen LogP contribution in [0.15, 0.2) is 102 Å². The van der Waals surface area contributed by atoms with Gasteiger partial charge in [-0.05, 0) is 63.1 Å². The molecule has 0 bridgehead atoms. The molecule has 0 aromatic heterocycles. The third kappa shape index (κ3) is 6.06. The number of hydrogen-bond donors (Lipinski definition) is 0. The van der Waals surface area contributed by atoms with E-state index < -0.39 is 28.9 Å². The van der Waals surface area contributed by atoms with Gasteiger partial charge in [0.2, 0.25) is 5.41 Å². The molecule has 0 aliphatic carbocycles. The molecule has 216 valence electrons. The zero-order valence-electron chi connectivity index (χ0n) is 23.5. The first-order valence-electron chi connectivity index (χ1n) is 13.3. The van der Waals surface area contributed by atoms with E-state index in [-0.39, 0.29) is 10.7 Å². The molecular formula is C34H32F6S. The predicted octanol–water partition coefficient (Wildman–Crippen LogP) is 11.4. The van der Waals surface area contributed by atoms with E-state index in [0.717, 1.165) is 24.3 Å². The van der Waals surface area contributed by atoms with Crippen LogP contribution in [-0.2, 0) is 5.41 Å². The fraction of sp³-hybridized carbons (Fsp3) is 0.294. The van der Waals surface area contributed by atoms with E-state index in [1.165, 1.54) is 23.9 Å². The molecule has 0 heterocycles. The van der Waals surface area contributed by atoms with Gasteiger partial charge in [-0.15, -0.1) is 11.8 Å². The highest BCUT2D eigenvalue weighted by Crippen LogP contribution is 2.58. The first kappa shape index (κ1) is 30.8. The Morgan fingerprint density at radius 1 is 0.561 bits per heavy atom. The van der Waals surface area contributed by atoms with Crippen LogP contribution in [-0.4, -0.2) is 17.1 Å². The molecule has 0 aliphatic rings. The molecule has 4 aromatic rings. The van der Waals surface area contributed by atoms with Gasteiger partial charge in [0.15, 0.2) is 0 Å². The predicted molar refractivity (Wildman–Crippen MR) is 156 cm³/mol. The Morgan fingerprint density at radius 2 is 1.00 bits per heavy atom. The van der Waals surface area contributed by atoms with Crippen molar-refractivity contribution in [3.63, 3.8) is 0 Å². The lowest BCUT2D eigenvalue weighted by Gasteiger charge is -2.39. The number of rotatable bonds is 6. The number of halogens is 6. The molecule has 0 nitrogen and oxygen atoms in total. The quantitative estimate of drug-likeness (QED) is 0.160. The smallest absolute Gasteiger partial charge is 0.169 e. The molecule has 0 N–H and O–H groups in total. The van der Waals surface area contributed by atoms with Crippen LogP contribution >= 0.6 is 11.8 Å². The largest absolute Gasteiger partial charge is 0.411 e. The average Bonchev–Trinajstić information content (AvgIpc) is 2.88. The molecule has 0 spiro atoms. The van der Waals surface area contributed by atoms with Crippen molar-refractivity contribution >= 4 is 11.8 Å². The number of benzene rings is 4. The summed E-state index contributed by atoms with van der Waals surface area (Å²) in [5, 5.41) is 0. The highest BCUT2D eigenvalue weighted by atomic mass is 32.2. The summed E-state index contributed by atoms with van der Waals surface area (Å²) in [5.41, 5.74) is -3.56. The monoisotopic (exact) mass is 586 g/mol. The summed E-state index contributed by atoms with van der Waals surface area (Å²) in [5.74, 6) is -0.121. The van der Waals surface area contributed by atoms with Gasteiger partial charge in [0.05, 0.1) is 0 Å². The Labute approximate surface area is 241 Å². The summed E-state index contributed by atoms with van der Waals surface area (Å²) in [6.07, 6.45) is -11.4. The molecule has 41 heavy (non-hydrogen) atoms. The van der Waals surface area contributed by atoms with Gasteiger partial charge in [0, 0.05) is 9.64 Å². The molecule has 7 heteroatoms. The highest BCUT2D eigenvalue weighted by Gasteiger charge is 2.72. The van der Waals surface area contributed by atoms with Crippen LogP contribution in [0.1, 0.15) is 57.2 Å². The van der Waals surface area contributed by atoms with Crippen molar-refractivity contribution in [2.75, 3.05) is 0 Å². The molecule has 4 rings (SSSR count). The summed E-state index contributed by atoms with van der Waals surface area (Å²) in [6, 6.07) is 24.0. The van der Waals surface area contributed by atoms with Crippen LogP contribution in [0.25, 0.3) is 22.3 Å². The van der Waals surface area contributed by atoms with Gasteiger partial charge >= 0.3 is 12.4 Å². The number of alkyl halides is 6. The fourth-order valence-electron chi connectivity index (χ4n) is 5.17. The molecule has 0 unspecified atom stereocenters. The van der Waals surface area contributed by atoms with E-state index >= 15 is 26.3 Å². The van der Waals surface area contributed by atoms with Crippen molar-refractivity contribution in [2.45, 2.75) is 67.9 Å². The van der Waals surface area contributed by atoms with Crippen LogP contribution in [0.3, 0.4) is 0 Å². The molecule has 0 saturated carbocycles. The van der Waals surface area contributed by atoms with Crippen LogP contribution < -0.4 is 0 Å². The van der Waals surface area contributed by atoms with Crippen molar-refractivity contribution in [1.82, 2.24) is 0 Å². The third-order valence-electron chi connectivity index (χ3n) is 6.96. The second kappa shape index (κ2) is 11.2. The van der Waals surface area contributed by atoms with Crippen LogP contribution in [0.5, 0.6) is 0 Å². The molecule has 0 amide bonds. The second-order valence-corrected chi connectivity index (χ2v) is 13.2. The summed E-state index contributed by atoms with van der Waals surface area (Å²) < 4.78 is 91.0. The third-order valence-corrected chi connectivity index (χ3v) is 8.15. The molecule has 0 saturated heterocycles. The second-order valence-electron chi connectivity index (χ2n) is 11.4. The Hall–Kier alpha value is -3.19. The summed E-state index contributed by atoms with van der Waals surface area (Å²) in [4.78, 5) is 0.603. The van der Waals surface area contributed by atoms with Crippen LogP contribution in [0.4, 0.5) is 26.3 Å². The molecule has 0 fully saturated rings. The van der Waals surface area contributed by atoms with E-state index in [0.29, 0.717) is 32.7 Å². The molecule has 0 aliphatic heterocycles. The first-order chi connectivity index (χ1) is 19.1. The highest BCUT2D eigenvalue weighted by molar-refractivity contribution is 8.00. The minimum atomic E-state index is -5.69. The number of thioether (sulfide) groups is 1. The Morgan fingerprint density at radius 3 is 1.44 bits per heavy atom. The van der Waals surface area contributed by atoms with Gasteiger partial charge in [0.25, 0.3) is 0 Å². The SMILES string of the molecule is CC(C)c1ccc(C(c2ccc(SC(C)(C)C)c(-c3ccccc3)c2)(C(F)(F)F)C(F)(F)F)cc1-c1ccccc1. The minimum absolute atomic E-state index is 0.121. The zero-order chi connectivity index (χ0) is 30.2. The normalized spacial score (nSPS) is 13.1. The van der Waals surface area contributed by atoms with E-state index in [1.54, 1.807) is 60.7 Å². The summed E-state index contributed by atoms with van der Waals surface area (Å²) >= 11 is 1.39. The Bertz CT molecular complexity index is 1470. The lowest BCUT2D eigenvalue weighted by molar-refractivity contribution is -0.288. The maximum Gasteiger partial charge on any atom is 0.411 e. The van der Waals surface area contributed by atoms with Crippen molar-refractivity contribution < 1.29 is 26.3 Å². The number of hydrogen-bond acceptors (Lipinski definition) is 1. The van der Waals surface area contributed by atoms with E-state index in [2.05, 4.69) is 0 Å². The van der Waals surface area contributed by atoms with Gasteiger partial charge in [-0.25, -0.2) is 0 Å². The molecule has 0 atom stereocenters. The Balaban J connectivity index is 2.09. The van der Waals surface area contributed by atoms with Gasteiger partial charge in [-0.1, -0.05) is 113 Å². The van der Waals surface area contributed by atoms with Gasteiger partial charge in [-0.3, -0.25) is 0 Å².